The molecule has 0 bridgehead atoms. The van der Waals surface area contributed by atoms with Crippen molar-refractivity contribution in [2.45, 2.75) is 11.4 Å². The molecule has 2 rings (SSSR count). The minimum atomic E-state index is -3.67. The molecule has 0 spiro atoms. The molecule has 0 aliphatic carbocycles. The van der Waals surface area contributed by atoms with Gasteiger partial charge < -0.3 is 10.5 Å². The lowest BCUT2D eigenvalue weighted by Gasteiger charge is -2.21. The standard InChI is InChI=1S/C12H12N3O2S/c13-8-10-3-5-12(6-4-10)18(16,17)15-11-2-1-7-14-9-11/h1-7,9H,8,13H2/q-1/p+1. The maximum Gasteiger partial charge on any atom is 0.123 e. The van der Waals surface area contributed by atoms with E-state index >= 15 is 0 Å². The van der Waals surface area contributed by atoms with Gasteiger partial charge in [-0.1, -0.05) is 18.2 Å². The van der Waals surface area contributed by atoms with Crippen LogP contribution in [0.2, 0.25) is 0 Å². The van der Waals surface area contributed by atoms with Crippen molar-refractivity contribution in [2.75, 3.05) is 0 Å². The van der Waals surface area contributed by atoms with Crippen molar-refractivity contribution in [2.24, 2.45) is 0 Å². The Morgan fingerprint density at radius 1 is 1.17 bits per heavy atom. The number of benzene rings is 1. The fraction of sp³-hybridized carbons (Fsp3) is 0.0833. The molecular weight excluding hydrogens is 250 g/mol. The van der Waals surface area contributed by atoms with Crippen LogP contribution < -0.4 is 5.73 Å². The normalized spacial score (nSPS) is 11.2. The number of quaternary nitrogens is 1. The van der Waals surface area contributed by atoms with Crippen LogP contribution in [0, 0.1) is 0 Å². The van der Waals surface area contributed by atoms with E-state index < -0.39 is 10.0 Å². The third-order valence-corrected chi connectivity index (χ3v) is 3.70. The van der Waals surface area contributed by atoms with Crippen LogP contribution in [-0.4, -0.2) is 13.4 Å². The number of aromatic nitrogens is 1. The van der Waals surface area contributed by atoms with Crippen LogP contribution in [0.3, 0.4) is 0 Å². The van der Waals surface area contributed by atoms with Gasteiger partial charge in [0.25, 0.3) is 0 Å². The van der Waals surface area contributed by atoms with Gasteiger partial charge in [0, 0.05) is 18.0 Å². The summed E-state index contributed by atoms with van der Waals surface area (Å²) >= 11 is 0. The second kappa shape index (κ2) is 5.16. The second-order valence-corrected chi connectivity index (χ2v) is 5.28. The fourth-order valence-corrected chi connectivity index (χ4v) is 2.40. The maximum atomic E-state index is 12.0. The highest BCUT2D eigenvalue weighted by Crippen LogP contribution is 2.26. The molecule has 0 amide bonds. The van der Waals surface area contributed by atoms with Gasteiger partial charge in [-0.15, -0.1) is 5.69 Å². The average Bonchev–Trinajstić information content (AvgIpc) is 2.39. The summed E-state index contributed by atoms with van der Waals surface area (Å²) in [6, 6.07) is 9.78. The first-order valence-electron chi connectivity index (χ1n) is 5.38. The van der Waals surface area contributed by atoms with Crippen LogP contribution in [0.25, 0.3) is 4.72 Å². The van der Waals surface area contributed by atoms with Gasteiger partial charge in [0.05, 0.1) is 11.4 Å². The predicted molar refractivity (Wildman–Crippen MR) is 67.5 cm³/mol. The van der Waals surface area contributed by atoms with Gasteiger partial charge in [-0.3, -0.25) is 4.98 Å². The quantitative estimate of drug-likeness (QED) is 0.899. The molecule has 0 aliphatic rings. The van der Waals surface area contributed by atoms with Crippen molar-refractivity contribution in [3.63, 3.8) is 0 Å². The minimum Gasteiger partial charge on any atom is -0.571 e. The van der Waals surface area contributed by atoms with Crippen molar-refractivity contribution >= 4 is 15.7 Å². The topological polar surface area (TPSA) is 88.8 Å². The monoisotopic (exact) mass is 263 g/mol. The Kier molecular flexibility index (Phi) is 3.59. The van der Waals surface area contributed by atoms with Gasteiger partial charge in [-0.2, -0.15) is 0 Å². The molecule has 0 saturated carbocycles. The Labute approximate surface area is 106 Å². The molecule has 1 heterocycles. The number of rotatable bonds is 4. The first kappa shape index (κ1) is 12.5. The fourth-order valence-electron chi connectivity index (χ4n) is 1.43. The van der Waals surface area contributed by atoms with Gasteiger partial charge in [0.2, 0.25) is 0 Å². The lowest BCUT2D eigenvalue weighted by atomic mass is 10.2. The number of hydrogen-bond acceptors (Lipinski definition) is 3. The van der Waals surface area contributed by atoms with Gasteiger partial charge >= 0.3 is 0 Å². The predicted octanol–water partition coefficient (Wildman–Crippen LogP) is 1.22. The summed E-state index contributed by atoms with van der Waals surface area (Å²) in [7, 11) is -3.67. The van der Waals surface area contributed by atoms with Crippen LogP contribution >= 0.6 is 0 Å². The van der Waals surface area contributed by atoms with E-state index in [4.69, 9.17) is 0 Å². The SMILES string of the molecule is [NH3+]Cc1ccc(S(=O)(=O)[N-]c2cccnc2)cc1. The molecule has 0 atom stereocenters. The highest BCUT2D eigenvalue weighted by atomic mass is 32.2. The van der Waals surface area contributed by atoms with Gasteiger partial charge in [-0.05, 0) is 18.2 Å². The molecule has 0 fully saturated rings. The lowest BCUT2D eigenvalue weighted by Crippen LogP contribution is -2.47. The summed E-state index contributed by atoms with van der Waals surface area (Å²) in [4.78, 5) is 3.99. The number of nitrogens with zero attached hydrogens (tertiary/aromatic N) is 2. The van der Waals surface area contributed by atoms with E-state index in [2.05, 4.69) is 15.4 Å². The average molecular weight is 263 g/mol. The van der Waals surface area contributed by atoms with Crippen LogP contribution in [0.15, 0.2) is 53.7 Å². The number of pyridine rings is 1. The molecular formula is C12H13N3O2S. The van der Waals surface area contributed by atoms with Crippen molar-refractivity contribution in [1.82, 2.24) is 4.98 Å². The Balaban J connectivity index is 2.25. The smallest absolute Gasteiger partial charge is 0.123 e. The molecule has 1 aromatic carbocycles. The van der Waals surface area contributed by atoms with E-state index in [0.29, 0.717) is 12.2 Å². The summed E-state index contributed by atoms with van der Waals surface area (Å²) in [6.45, 7) is 0.625. The summed E-state index contributed by atoms with van der Waals surface area (Å²) in [5.41, 5.74) is 5.03. The zero-order chi connectivity index (χ0) is 13.0. The molecule has 0 aliphatic heterocycles. The highest BCUT2D eigenvalue weighted by molar-refractivity contribution is 7.94. The highest BCUT2D eigenvalue weighted by Gasteiger charge is 2.04. The summed E-state index contributed by atoms with van der Waals surface area (Å²) in [5, 5.41) is 0. The number of sulfonamides is 1. The zero-order valence-electron chi connectivity index (χ0n) is 9.65. The molecule has 1 aromatic heterocycles. The van der Waals surface area contributed by atoms with Crippen molar-refractivity contribution in [1.29, 1.82) is 0 Å². The summed E-state index contributed by atoms with van der Waals surface area (Å²) in [6.07, 6.45) is 2.97. The van der Waals surface area contributed by atoms with E-state index in [1.54, 1.807) is 30.5 Å². The molecule has 5 nitrogen and oxygen atoms in total. The molecule has 94 valence electrons. The molecule has 3 N–H and O–H groups in total. The van der Waals surface area contributed by atoms with E-state index in [-0.39, 0.29) is 4.90 Å². The molecule has 0 unspecified atom stereocenters. The van der Waals surface area contributed by atoms with Crippen LogP contribution in [-0.2, 0) is 16.6 Å². The lowest BCUT2D eigenvalue weighted by molar-refractivity contribution is -0.386. The number of hydrogen-bond donors (Lipinski definition) is 1. The molecule has 18 heavy (non-hydrogen) atoms. The van der Waals surface area contributed by atoms with Crippen molar-refractivity contribution in [3.05, 3.63) is 59.1 Å². The zero-order valence-corrected chi connectivity index (χ0v) is 10.5. The van der Waals surface area contributed by atoms with Crippen LogP contribution in [0.1, 0.15) is 5.56 Å². The Morgan fingerprint density at radius 3 is 2.44 bits per heavy atom. The maximum absolute atomic E-state index is 12.0. The molecule has 6 heteroatoms. The Bertz CT molecular complexity index is 610. The molecule has 2 aromatic rings. The third kappa shape index (κ3) is 2.85. The summed E-state index contributed by atoms with van der Waals surface area (Å²) < 4.78 is 27.7. The van der Waals surface area contributed by atoms with Gasteiger partial charge in [-0.25, -0.2) is 8.42 Å². The van der Waals surface area contributed by atoms with E-state index in [9.17, 15) is 8.42 Å². The molecule has 0 radical (unpaired) electrons. The Hall–Kier alpha value is -1.92. The second-order valence-electron chi connectivity index (χ2n) is 3.67. The van der Waals surface area contributed by atoms with Crippen LogP contribution in [0.4, 0.5) is 5.69 Å². The first-order chi connectivity index (χ1) is 8.62. The van der Waals surface area contributed by atoms with E-state index in [1.165, 1.54) is 18.3 Å². The van der Waals surface area contributed by atoms with E-state index in [0.717, 1.165) is 5.56 Å². The van der Waals surface area contributed by atoms with Gasteiger partial charge in [0.1, 0.15) is 10.0 Å². The first-order valence-corrected chi connectivity index (χ1v) is 6.82. The third-order valence-electron chi connectivity index (χ3n) is 2.38. The molecule has 0 saturated heterocycles. The van der Waals surface area contributed by atoms with Crippen molar-refractivity contribution < 1.29 is 14.2 Å². The van der Waals surface area contributed by atoms with Gasteiger partial charge in [0.15, 0.2) is 0 Å². The van der Waals surface area contributed by atoms with E-state index in [1.807, 2.05) is 0 Å². The Morgan fingerprint density at radius 2 is 1.89 bits per heavy atom. The minimum absolute atomic E-state index is 0.170. The summed E-state index contributed by atoms with van der Waals surface area (Å²) in [5.74, 6) is 0. The van der Waals surface area contributed by atoms with Crippen LogP contribution in [0.5, 0.6) is 0 Å². The van der Waals surface area contributed by atoms with Crippen molar-refractivity contribution in [3.8, 4) is 0 Å². The largest absolute Gasteiger partial charge is 0.571 e.